The van der Waals surface area contributed by atoms with Crippen molar-refractivity contribution in [2.24, 2.45) is 5.10 Å². The zero-order valence-corrected chi connectivity index (χ0v) is 11.9. The number of alkyl halides is 3. The second-order valence-corrected chi connectivity index (χ2v) is 4.80. The number of nitrogen functional groups attached to an aromatic ring is 1. The molecule has 8 nitrogen and oxygen atoms in total. The van der Waals surface area contributed by atoms with Crippen LogP contribution in [0, 0.1) is 10.1 Å². The molecule has 122 valence electrons. The molecule has 0 bridgehead atoms. The van der Waals surface area contributed by atoms with Gasteiger partial charge in [0.05, 0.1) is 16.7 Å². The Morgan fingerprint density at radius 1 is 1.48 bits per heavy atom. The van der Waals surface area contributed by atoms with Gasteiger partial charge in [-0.1, -0.05) is 6.07 Å². The van der Waals surface area contributed by atoms with E-state index in [0.29, 0.717) is 5.13 Å². The summed E-state index contributed by atoms with van der Waals surface area (Å²) in [5.74, 6) is -0.663. The van der Waals surface area contributed by atoms with Gasteiger partial charge in [-0.05, 0) is 12.1 Å². The molecular weight excluding hydrogens is 339 g/mol. The van der Waals surface area contributed by atoms with Crippen LogP contribution in [0.2, 0.25) is 0 Å². The largest absolute Gasteiger partial charge is 0.573 e. The maximum Gasteiger partial charge on any atom is 0.573 e. The molecule has 2 rings (SSSR count). The summed E-state index contributed by atoms with van der Waals surface area (Å²) in [6, 6.07) is 3.25. The van der Waals surface area contributed by atoms with Crippen molar-refractivity contribution < 1.29 is 22.8 Å². The van der Waals surface area contributed by atoms with Gasteiger partial charge in [-0.15, -0.1) is 24.5 Å². The highest BCUT2D eigenvalue weighted by Crippen LogP contribution is 2.34. The third-order valence-corrected chi connectivity index (χ3v) is 3.09. The molecule has 0 aliphatic rings. The number of aromatic nitrogens is 1. The summed E-state index contributed by atoms with van der Waals surface area (Å²) >= 11 is 1.14. The number of benzene rings is 1. The Morgan fingerprint density at radius 3 is 2.78 bits per heavy atom. The van der Waals surface area contributed by atoms with Crippen LogP contribution >= 0.6 is 11.3 Å². The minimum absolute atomic E-state index is 0.172. The van der Waals surface area contributed by atoms with Gasteiger partial charge in [0.15, 0.2) is 0 Å². The number of hydrogen-bond acceptors (Lipinski definition) is 8. The molecule has 0 aliphatic heterocycles. The van der Waals surface area contributed by atoms with Crippen molar-refractivity contribution in [3.05, 3.63) is 39.3 Å². The lowest BCUT2D eigenvalue weighted by molar-refractivity contribution is -0.388. The second kappa shape index (κ2) is 6.48. The first-order valence-corrected chi connectivity index (χ1v) is 6.67. The number of nitrogens with zero attached hydrogens (tertiary/aromatic N) is 3. The van der Waals surface area contributed by atoms with E-state index in [0.717, 1.165) is 23.6 Å². The fraction of sp³-hybridized carbons (Fsp3) is 0.0909. The van der Waals surface area contributed by atoms with Crippen molar-refractivity contribution in [3.8, 4) is 5.75 Å². The predicted octanol–water partition coefficient (Wildman–Crippen LogP) is 2.98. The van der Waals surface area contributed by atoms with Gasteiger partial charge in [0.2, 0.25) is 10.9 Å². The SMILES string of the molecule is Nc1csc(NN=Cc2cccc(OC(F)(F)F)c2[N+](=O)[O-])n1. The Morgan fingerprint density at radius 2 is 2.22 bits per heavy atom. The highest BCUT2D eigenvalue weighted by Gasteiger charge is 2.35. The number of anilines is 2. The van der Waals surface area contributed by atoms with Crippen molar-refractivity contribution in [1.29, 1.82) is 0 Å². The maximum absolute atomic E-state index is 12.3. The Bertz CT molecular complexity index is 747. The smallest absolute Gasteiger partial charge is 0.398 e. The third-order valence-electron chi connectivity index (χ3n) is 2.32. The van der Waals surface area contributed by atoms with E-state index in [9.17, 15) is 23.3 Å². The summed E-state index contributed by atoms with van der Waals surface area (Å²) < 4.78 is 40.5. The fourth-order valence-corrected chi connectivity index (χ4v) is 2.09. The highest BCUT2D eigenvalue weighted by atomic mass is 32.1. The Labute approximate surface area is 130 Å². The second-order valence-electron chi connectivity index (χ2n) is 3.95. The van der Waals surface area contributed by atoms with Gasteiger partial charge in [-0.2, -0.15) is 5.10 Å². The number of nitrogens with two attached hydrogens (primary N) is 1. The predicted molar refractivity (Wildman–Crippen MR) is 77.5 cm³/mol. The third kappa shape index (κ3) is 4.54. The first-order valence-electron chi connectivity index (χ1n) is 5.79. The molecule has 0 unspecified atom stereocenters. The average Bonchev–Trinajstić information content (AvgIpc) is 2.82. The molecule has 0 amide bonds. The number of nitro groups is 1. The van der Waals surface area contributed by atoms with Crippen LogP contribution in [0.5, 0.6) is 5.75 Å². The summed E-state index contributed by atoms with van der Waals surface area (Å²) in [5.41, 5.74) is 6.83. The average molecular weight is 347 g/mol. The van der Waals surface area contributed by atoms with Crippen molar-refractivity contribution in [1.82, 2.24) is 4.98 Å². The molecule has 23 heavy (non-hydrogen) atoms. The van der Waals surface area contributed by atoms with Gasteiger partial charge in [-0.25, -0.2) is 4.98 Å². The van der Waals surface area contributed by atoms with Crippen LogP contribution < -0.4 is 15.9 Å². The molecule has 12 heteroatoms. The topological polar surface area (TPSA) is 116 Å². The lowest BCUT2D eigenvalue weighted by Gasteiger charge is -2.09. The molecule has 0 aliphatic carbocycles. The van der Waals surface area contributed by atoms with E-state index in [1.165, 1.54) is 17.5 Å². The van der Waals surface area contributed by atoms with Gasteiger partial charge in [0.25, 0.3) is 0 Å². The van der Waals surface area contributed by atoms with Crippen LogP contribution in [-0.2, 0) is 0 Å². The highest BCUT2D eigenvalue weighted by molar-refractivity contribution is 7.14. The van der Waals surface area contributed by atoms with E-state index in [1.807, 2.05) is 0 Å². The number of hydrazone groups is 1. The van der Waals surface area contributed by atoms with Gasteiger partial charge in [0, 0.05) is 5.38 Å². The summed E-state index contributed by atoms with van der Waals surface area (Å²) in [5, 5.41) is 16.6. The summed E-state index contributed by atoms with van der Waals surface area (Å²) in [4.78, 5) is 13.9. The number of para-hydroxylation sites is 1. The zero-order chi connectivity index (χ0) is 17.0. The molecule has 0 radical (unpaired) electrons. The minimum Gasteiger partial charge on any atom is -0.398 e. The van der Waals surface area contributed by atoms with Gasteiger partial charge in [-0.3, -0.25) is 15.5 Å². The molecule has 1 aromatic heterocycles. The van der Waals surface area contributed by atoms with Crippen LogP contribution in [-0.4, -0.2) is 22.5 Å². The number of thiazole rings is 1. The Hall–Kier alpha value is -2.89. The van der Waals surface area contributed by atoms with E-state index < -0.39 is 22.7 Å². The molecule has 0 atom stereocenters. The lowest BCUT2D eigenvalue weighted by Crippen LogP contribution is -2.18. The van der Waals surface area contributed by atoms with Crippen molar-refractivity contribution >= 4 is 34.2 Å². The molecular formula is C11H8F3N5O3S. The first-order chi connectivity index (χ1) is 10.8. The van der Waals surface area contributed by atoms with Gasteiger partial charge in [0.1, 0.15) is 5.82 Å². The molecule has 1 heterocycles. The van der Waals surface area contributed by atoms with E-state index in [-0.39, 0.29) is 11.4 Å². The van der Waals surface area contributed by atoms with Crippen LogP contribution in [0.4, 0.5) is 29.8 Å². The van der Waals surface area contributed by atoms with Gasteiger partial charge < -0.3 is 10.5 Å². The van der Waals surface area contributed by atoms with Crippen molar-refractivity contribution in [2.75, 3.05) is 11.2 Å². The molecule has 0 spiro atoms. The monoisotopic (exact) mass is 347 g/mol. The normalized spacial score (nSPS) is 11.6. The fourth-order valence-electron chi connectivity index (χ4n) is 1.54. The van der Waals surface area contributed by atoms with Gasteiger partial charge >= 0.3 is 12.0 Å². The summed E-state index contributed by atoms with van der Waals surface area (Å²) in [7, 11) is 0. The molecule has 1 aromatic carbocycles. The van der Waals surface area contributed by atoms with E-state index in [1.54, 1.807) is 0 Å². The number of nitro benzene ring substituents is 1. The standard InChI is InChI=1S/C11H8F3N5O3S/c12-11(13,14)22-7-3-1-2-6(9(7)19(20)21)4-16-18-10-17-8(15)5-23-10/h1-5H,15H2,(H,17,18). The summed E-state index contributed by atoms with van der Waals surface area (Å²) in [6.45, 7) is 0. The Kier molecular flexibility index (Phi) is 4.64. The molecule has 0 fully saturated rings. The Balaban J connectivity index is 2.27. The van der Waals surface area contributed by atoms with Crippen LogP contribution in [0.1, 0.15) is 5.56 Å². The number of hydrogen-bond donors (Lipinski definition) is 2. The van der Waals surface area contributed by atoms with Crippen LogP contribution in [0.15, 0.2) is 28.7 Å². The van der Waals surface area contributed by atoms with Crippen LogP contribution in [0.25, 0.3) is 0 Å². The minimum atomic E-state index is -5.04. The van der Waals surface area contributed by atoms with Crippen LogP contribution in [0.3, 0.4) is 0 Å². The van der Waals surface area contributed by atoms with Crippen molar-refractivity contribution in [2.45, 2.75) is 6.36 Å². The first kappa shape index (κ1) is 16.5. The number of halogens is 3. The molecule has 2 aromatic rings. The number of nitrogens with one attached hydrogen (secondary N) is 1. The van der Waals surface area contributed by atoms with Crippen molar-refractivity contribution in [3.63, 3.8) is 0 Å². The molecule has 3 N–H and O–H groups in total. The lowest BCUT2D eigenvalue weighted by atomic mass is 10.2. The summed E-state index contributed by atoms with van der Waals surface area (Å²) in [6.07, 6.45) is -4.06. The van der Waals surface area contributed by atoms with E-state index >= 15 is 0 Å². The van der Waals surface area contributed by atoms with E-state index in [2.05, 4.69) is 20.2 Å². The maximum atomic E-state index is 12.3. The zero-order valence-electron chi connectivity index (χ0n) is 11.1. The molecule has 0 saturated heterocycles. The van der Waals surface area contributed by atoms with E-state index in [4.69, 9.17) is 5.73 Å². The molecule has 0 saturated carbocycles. The number of ether oxygens (including phenoxy) is 1. The number of rotatable bonds is 5. The quantitative estimate of drug-likeness (QED) is 0.488.